The molecule has 0 fully saturated rings. The molecule has 1 aromatic rings. The molecule has 1 atom stereocenters. The molecule has 0 aliphatic carbocycles. The van der Waals surface area contributed by atoms with Crippen molar-refractivity contribution in [3.63, 3.8) is 0 Å². The van der Waals surface area contributed by atoms with Gasteiger partial charge in [-0.2, -0.15) is 5.10 Å². The quantitative estimate of drug-likeness (QED) is 0.711. The van der Waals surface area contributed by atoms with Crippen LogP contribution in [0.3, 0.4) is 0 Å². The molecule has 3 heteroatoms. The van der Waals surface area contributed by atoms with Crippen LogP contribution in [-0.2, 0) is 6.54 Å². The highest BCUT2D eigenvalue weighted by Crippen LogP contribution is 2.04. The molecule has 0 bridgehead atoms. The van der Waals surface area contributed by atoms with Gasteiger partial charge in [-0.3, -0.25) is 4.68 Å². The number of hydrogen-bond donors (Lipinski definition) is 1. The van der Waals surface area contributed by atoms with Gasteiger partial charge in [-0.05, 0) is 19.4 Å². The topological polar surface area (TPSA) is 43.8 Å². The van der Waals surface area contributed by atoms with Gasteiger partial charge in [0.15, 0.2) is 0 Å². The van der Waals surface area contributed by atoms with Crippen LogP contribution in [0.4, 0.5) is 0 Å². The number of aryl methyl sites for hydroxylation is 1. The van der Waals surface area contributed by atoms with Crippen LogP contribution in [0.25, 0.3) is 0 Å². The second-order valence-corrected chi connectivity index (χ2v) is 2.79. The normalized spacial score (nSPS) is 13.4. The fraction of sp³-hybridized carbons (Fsp3) is 0.625. The largest absolute Gasteiger partial charge is 0.323 e. The second-order valence-electron chi connectivity index (χ2n) is 2.79. The minimum absolute atomic E-state index is 0.0492. The third-order valence-electron chi connectivity index (χ3n) is 1.58. The molecule has 0 aliphatic rings. The number of rotatable bonds is 3. The van der Waals surface area contributed by atoms with Crippen molar-refractivity contribution in [3.05, 3.63) is 18.0 Å². The van der Waals surface area contributed by atoms with Crippen LogP contribution in [0.2, 0.25) is 0 Å². The van der Waals surface area contributed by atoms with Gasteiger partial charge in [-0.15, -0.1) is 0 Å². The van der Waals surface area contributed by atoms with Gasteiger partial charge in [0.1, 0.15) is 0 Å². The van der Waals surface area contributed by atoms with Crippen molar-refractivity contribution in [1.82, 2.24) is 9.78 Å². The van der Waals surface area contributed by atoms with Crippen LogP contribution in [0.1, 0.15) is 32.0 Å². The Morgan fingerprint density at radius 1 is 1.73 bits per heavy atom. The second kappa shape index (κ2) is 3.53. The van der Waals surface area contributed by atoms with E-state index in [2.05, 4.69) is 12.0 Å². The third-order valence-corrected chi connectivity index (χ3v) is 1.58. The van der Waals surface area contributed by atoms with Gasteiger partial charge < -0.3 is 5.73 Å². The molecule has 2 N–H and O–H groups in total. The Morgan fingerprint density at radius 2 is 2.45 bits per heavy atom. The lowest BCUT2D eigenvalue weighted by Crippen LogP contribution is -2.07. The van der Waals surface area contributed by atoms with Crippen molar-refractivity contribution in [3.8, 4) is 0 Å². The number of nitrogens with zero attached hydrogens (tertiary/aromatic N) is 2. The molecule has 1 aromatic heterocycles. The van der Waals surface area contributed by atoms with Crippen LogP contribution < -0.4 is 5.73 Å². The first kappa shape index (κ1) is 8.27. The van der Waals surface area contributed by atoms with E-state index in [-0.39, 0.29) is 6.04 Å². The number of nitrogens with two attached hydrogens (primary N) is 1. The van der Waals surface area contributed by atoms with Gasteiger partial charge in [0.05, 0.1) is 5.69 Å². The SMILES string of the molecule is CCCn1ccc([C@@H](C)N)n1. The van der Waals surface area contributed by atoms with E-state index in [0.29, 0.717) is 0 Å². The zero-order chi connectivity index (χ0) is 8.27. The molecule has 0 aromatic carbocycles. The molecule has 0 spiro atoms. The molecule has 11 heavy (non-hydrogen) atoms. The average molecular weight is 153 g/mol. The van der Waals surface area contributed by atoms with Gasteiger partial charge in [0.2, 0.25) is 0 Å². The zero-order valence-electron chi connectivity index (χ0n) is 7.12. The highest BCUT2D eigenvalue weighted by atomic mass is 15.3. The molecule has 0 aliphatic heterocycles. The summed E-state index contributed by atoms with van der Waals surface area (Å²) in [4.78, 5) is 0. The standard InChI is InChI=1S/C8H15N3/c1-3-5-11-6-4-8(10-11)7(2)9/h4,6-7H,3,5,9H2,1-2H3/t7-/m1/s1. The van der Waals surface area contributed by atoms with Crippen LogP contribution in [0, 0.1) is 0 Å². The first-order valence-electron chi connectivity index (χ1n) is 4.03. The first-order chi connectivity index (χ1) is 5.24. The van der Waals surface area contributed by atoms with Crippen molar-refractivity contribution < 1.29 is 0 Å². The van der Waals surface area contributed by atoms with Crippen LogP contribution in [0.15, 0.2) is 12.3 Å². The van der Waals surface area contributed by atoms with Crippen LogP contribution in [0.5, 0.6) is 0 Å². The Bertz CT molecular complexity index is 215. The van der Waals surface area contributed by atoms with Crippen LogP contribution in [-0.4, -0.2) is 9.78 Å². The number of aromatic nitrogens is 2. The molecular weight excluding hydrogens is 138 g/mol. The number of hydrogen-bond acceptors (Lipinski definition) is 2. The van der Waals surface area contributed by atoms with E-state index in [1.807, 2.05) is 23.9 Å². The maximum atomic E-state index is 5.65. The molecule has 0 unspecified atom stereocenters. The highest BCUT2D eigenvalue weighted by molar-refractivity contribution is 5.02. The molecule has 3 nitrogen and oxygen atoms in total. The van der Waals surface area contributed by atoms with Gasteiger partial charge in [-0.25, -0.2) is 0 Å². The van der Waals surface area contributed by atoms with Gasteiger partial charge in [-0.1, -0.05) is 6.92 Å². The lowest BCUT2D eigenvalue weighted by Gasteiger charge is -1.99. The van der Waals surface area contributed by atoms with Gasteiger partial charge in [0.25, 0.3) is 0 Å². The van der Waals surface area contributed by atoms with E-state index in [1.165, 1.54) is 0 Å². The summed E-state index contributed by atoms with van der Waals surface area (Å²) in [6, 6.07) is 2.02. The highest BCUT2D eigenvalue weighted by Gasteiger charge is 2.01. The molecule has 0 amide bonds. The fourth-order valence-electron chi connectivity index (χ4n) is 0.974. The first-order valence-corrected chi connectivity index (χ1v) is 4.03. The summed E-state index contributed by atoms with van der Waals surface area (Å²) in [5, 5.41) is 4.29. The molecule has 0 radical (unpaired) electrons. The summed E-state index contributed by atoms with van der Waals surface area (Å²) >= 11 is 0. The van der Waals surface area contributed by atoms with E-state index in [1.54, 1.807) is 0 Å². The van der Waals surface area contributed by atoms with E-state index in [9.17, 15) is 0 Å². The van der Waals surface area contributed by atoms with Gasteiger partial charge in [0, 0.05) is 18.8 Å². The zero-order valence-corrected chi connectivity index (χ0v) is 7.12. The van der Waals surface area contributed by atoms with Crippen molar-refractivity contribution in [2.45, 2.75) is 32.9 Å². The molecule has 62 valence electrons. The summed E-state index contributed by atoms with van der Waals surface area (Å²) in [7, 11) is 0. The Hall–Kier alpha value is -0.830. The minimum Gasteiger partial charge on any atom is -0.323 e. The summed E-state index contributed by atoms with van der Waals surface area (Å²) in [6.07, 6.45) is 3.09. The Balaban J connectivity index is 2.66. The average Bonchev–Trinajstić information content (AvgIpc) is 2.37. The molecule has 0 saturated carbocycles. The van der Waals surface area contributed by atoms with E-state index < -0.39 is 0 Å². The Labute approximate surface area is 67.2 Å². The predicted octanol–water partition coefficient (Wildman–Crippen LogP) is 1.31. The third kappa shape index (κ3) is 2.05. The smallest absolute Gasteiger partial charge is 0.0788 e. The molecular formula is C8H15N3. The van der Waals surface area contributed by atoms with E-state index in [0.717, 1.165) is 18.7 Å². The molecule has 1 rings (SSSR count). The summed E-state index contributed by atoms with van der Waals surface area (Å²) in [5.74, 6) is 0. The molecule has 1 heterocycles. The van der Waals surface area contributed by atoms with E-state index >= 15 is 0 Å². The monoisotopic (exact) mass is 153 g/mol. The minimum atomic E-state index is 0.0492. The summed E-state index contributed by atoms with van der Waals surface area (Å²) in [6.45, 7) is 5.05. The maximum absolute atomic E-state index is 5.65. The summed E-state index contributed by atoms with van der Waals surface area (Å²) < 4.78 is 1.93. The van der Waals surface area contributed by atoms with E-state index in [4.69, 9.17) is 5.73 Å². The van der Waals surface area contributed by atoms with Gasteiger partial charge >= 0.3 is 0 Å². The van der Waals surface area contributed by atoms with Crippen molar-refractivity contribution in [2.24, 2.45) is 5.73 Å². The lowest BCUT2D eigenvalue weighted by atomic mass is 10.3. The molecule has 0 saturated heterocycles. The van der Waals surface area contributed by atoms with Crippen molar-refractivity contribution >= 4 is 0 Å². The Morgan fingerprint density at radius 3 is 2.91 bits per heavy atom. The van der Waals surface area contributed by atoms with Crippen LogP contribution >= 0.6 is 0 Å². The summed E-state index contributed by atoms with van der Waals surface area (Å²) in [5.41, 5.74) is 6.62. The van der Waals surface area contributed by atoms with Crippen molar-refractivity contribution in [1.29, 1.82) is 0 Å². The fourth-order valence-corrected chi connectivity index (χ4v) is 0.974. The predicted molar refractivity (Wildman–Crippen MR) is 45.1 cm³/mol. The maximum Gasteiger partial charge on any atom is 0.0788 e. The Kier molecular flexibility index (Phi) is 2.65. The van der Waals surface area contributed by atoms with Crippen molar-refractivity contribution in [2.75, 3.05) is 0 Å². The lowest BCUT2D eigenvalue weighted by molar-refractivity contribution is 0.585.